The quantitative estimate of drug-likeness (QED) is 0.192. The van der Waals surface area contributed by atoms with E-state index in [0.29, 0.717) is 5.82 Å². The van der Waals surface area contributed by atoms with Gasteiger partial charge in [0.25, 0.3) is 0 Å². The van der Waals surface area contributed by atoms with Crippen LogP contribution in [0, 0.1) is 0 Å². The highest BCUT2D eigenvalue weighted by Gasteiger charge is 2.51. The fraction of sp³-hybridized carbons (Fsp3) is 0.0213. The lowest BCUT2D eigenvalue weighted by Crippen LogP contribution is -2.32. The Bertz CT molecular complexity index is 2510. The van der Waals surface area contributed by atoms with Gasteiger partial charge in [-0.25, -0.2) is 9.97 Å². The fourth-order valence-corrected chi connectivity index (χ4v) is 7.99. The molecule has 1 aromatic heterocycles. The van der Waals surface area contributed by atoms with Gasteiger partial charge in [-0.15, -0.1) is 0 Å². The summed E-state index contributed by atoms with van der Waals surface area (Å²) in [4.78, 5) is 10.4. The Hall–Kier alpha value is -6.58. The van der Waals surface area contributed by atoms with Gasteiger partial charge < -0.3 is 4.74 Å². The van der Waals surface area contributed by atoms with Gasteiger partial charge in [0.15, 0.2) is 5.82 Å². The Morgan fingerprint density at radius 3 is 1.56 bits per heavy atom. The Morgan fingerprint density at radius 1 is 0.360 bits per heavy atom. The highest BCUT2D eigenvalue weighted by molar-refractivity contribution is 5.90. The van der Waals surface area contributed by atoms with Gasteiger partial charge >= 0.3 is 0 Å². The lowest BCUT2D eigenvalue weighted by atomic mass is 9.65. The molecule has 0 saturated carbocycles. The average Bonchev–Trinajstić information content (AvgIpc) is 3.49. The summed E-state index contributed by atoms with van der Waals surface area (Å²) in [5.74, 6) is 2.35. The topological polar surface area (TPSA) is 35.0 Å². The molecule has 8 aromatic rings. The molecule has 0 saturated heterocycles. The monoisotopic (exact) mass is 638 g/mol. The number of nitrogens with zero attached hydrogens (tertiary/aromatic N) is 2. The van der Waals surface area contributed by atoms with Gasteiger partial charge in [0.2, 0.25) is 0 Å². The molecule has 0 unspecified atom stereocenters. The first-order valence-corrected chi connectivity index (χ1v) is 17.0. The van der Waals surface area contributed by atoms with Crippen LogP contribution in [0.4, 0.5) is 0 Å². The number of rotatable bonds is 4. The van der Waals surface area contributed by atoms with Crippen molar-refractivity contribution < 1.29 is 4.74 Å². The molecule has 0 amide bonds. The summed E-state index contributed by atoms with van der Waals surface area (Å²) in [6.45, 7) is 0. The van der Waals surface area contributed by atoms with Crippen molar-refractivity contribution in [1.29, 1.82) is 0 Å². The smallest absolute Gasteiger partial charge is 0.160 e. The van der Waals surface area contributed by atoms with Crippen LogP contribution in [-0.4, -0.2) is 9.97 Å². The fourth-order valence-electron chi connectivity index (χ4n) is 7.99. The molecule has 234 valence electrons. The number of aromatic nitrogens is 2. The van der Waals surface area contributed by atoms with E-state index in [2.05, 4.69) is 158 Å². The second-order valence-corrected chi connectivity index (χ2v) is 12.9. The normalized spacial score (nSPS) is 13.1. The van der Waals surface area contributed by atoms with Gasteiger partial charge in [-0.1, -0.05) is 164 Å². The zero-order valence-corrected chi connectivity index (χ0v) is 27.1. The van der Waals surface area contributed by atoms with Gasteiger partial charge in [0, 0.05) is 27.8 Å². The number of hydrogen-bond donors (Lipinski definition) is 0. The van der Waals surface area contributed by atoms with E-state index in [-0.39, 0.29) is 0 Å². The zero-order chi connectivity index (χ0) is 33.1. The standard InChI is InChI=1S/C47H30N2O/c1-3-14-31(15-4-1)32-26-28-33(29-27-32)42-30-43(49-46(48-42)34-16-5-2-6-17-34)37-20-13-24-41-45(37)50-44-25-12-11-23-40(44)47(41)38-21-9-7-18-35(38)36-19-8-10-22-39(36)47/h1-30H. The van der Waals surface area contributed by atoms with Crippen molar-refractivity contribution in [1.82, 2.24) is 9.97 Å². The van der Waals surface area contributed by atoms with Gasteiger partial charge in [-0.05, 0) is 51.6 Å². The first-order valence-electron chi connectivity index (χ1n) is 17.0. The molecule has 0 N–H and O–H groups in total. The van der Waals surface area contributed by atoms with E-state index in [9.17, 15) is 0 Å². The van der Waals surface area contributed by atoms with Crippen molar-refractivity contribution in [2.75, 3.05) is 0 Å². The number of ether oxygens (including phenoxy) is 1. The molecule has 3 nitrogen and oxygen atoms in total. The highest BCUT2D eigenvalue weighted by atomic mass is 16.5. The van der Waals surface area contributed by atoms with Crippen molar-refractivity contribution in [3.05, 3.63) is 204 Å². The molecule has 0 atom stereocenters. The van der Waals surface area contributed by atoms with Gasteiger partial charge in [-0.2, -0.15) is 0 Å². The molecule has 2 aliphatic rings. The lowest BCUT2D eigenvalue weighted by molar-refractivity contribution is 0.438. The summed E-state index contributed by atoms with van der Waals surface area (Å²) in [5, 5.41) is 0. The second-order valence-electron chi connectivity index (χ2n) is 12.9. The molecule has 0 fully saturated rings. The molecule has 0 bridgehead atoms. The van der Waals surface area contributed by atoms with Crippen LogP contribution in [0.25, 0.3) is 56.2 Å². The number of hydrogen-bond acceptors (Lipinski definition) is 3. The van der Waals surface area contributed by atoms with Crippen molar-refractivity contribution in [3.63, 3.8) is 0 Å². The summed E-state index contributed by atoms with van der Waals surface area (Å²) < 4.78 is 6.98. The highest BCUT2D eigenvalue weighted by Crippen LogP contribution is 2.63. The maximum Gasteiger partial charge on any atom is 0.160 e. The van der Waals surface area contributed by atoms with Crippen LogP contribution in [0.3, 0.4) is 0 Å². The Morgan fingerprint density at radius 2 is 0.860 bits per heavy atom. The van der Waals surface area contributed by atoms with E-state index >= 15 is 0 Å². The maximum absolute atomic E-state index is 6.98. The Balaban J connectivity index is 1.21. The third kappa shape index (κ3) is 4.23. The molecular formula is C47H30N2O. The third-order valence-electron chi connectivity index (χ3n) is 10.2. The SMILES string of the molecule is c1ccc(-c2ccc(-c3cc(-c4cccc5c4Oc4ccccc4C54c5ccccc5-c5ccccc54)nc(-c4ccccc4)n3)cc2)cc1. The van der Waals surface area contributed by atoms with Crippen molar-refractivity contribution in [2.24, 2.45) is 0 Å². The summed E-state index contributed by atoms with van der Waals surface area (Å²) in [6, 6.07) is 64.0. The molecule has 2 heterocycles. The molecular weight excluding hydrogens is 609 g/mol. The van der Waals surface area contributed by atoms with Gasteiger partial charge in [0.1, 0.15) is 11.5 Å². The first-order chi connectivity index (χ1) is 24.8. The molecule has 0 radical (unpaired) electrons. The summed E-state index contributed by atoms with van der Waals surface area (Å²) in [5.41, 5.74) is 13.7. The van der Waals surface area contributed by atoms with Crippen LogP contribution < -0.4 is 4.74 Å². The van der Waals surface area contributed by atoms with E-state index in [1.807, 2.05) is 24.3 Å². The van der Waals surface area contributed by atoms with Crippen LogP contribution in [-0.2, 0) is 5.41 Å². The third-order valence-corrected chi connectivity index (χ3v) is 10.2. The zero-order valence-electron chi connectivity index (χ0n) is 27.1. The number of benzene rings is 7. The van der Waals surface area contributed by atoms with Crippen LogP contribution in [0.2, 0.25) is 0 Å². The van der Waals surface area contributed by atoms with Crippen LogP contribution in [0.15, 0.2) is 182 Å². The van der Waals surface area contributed by atoms with Gasteiger partial charge in [-0.3, -0.25) is 0 Å². The first kappa shape index (κ1) is 28.4. The molecule has 1 aliphatic carbocycles. The minimum atomic E-state index is -0.543. The number of fused-ring (bicyclic) bond motifs is 9. The molecule has 1 spiro atoms. The molecule has 3 heteroatoms. The predicted molar refractivity (Wildman–Crippen MR) is 201 cm³/mol. The molecule has 50 heavy (non-hydrogen) atoms. The Labute approximate surface area is 291 Å². The van der Waals surface area contributed by atoms with Crippen LogP contribution in [0.1, 0.15) is 22.3 Å². The van der Waals surface area contributed by atoms with E-state index in [0.717, 1.165) is 50.7 Å². The molecule has 7 aromatic carbocycles. The largest absolute Gasteiger partial charge is 0.456 e. The number of para-hydroxylation sites is 2. The minimum Gasteiger partial charge on any atom is -0.456 e. The van der Waals surface area contributed by atoms with Crippen molar-refractivity contribution in [3.8, 4) is 67.7 Å². The van der Waals surface area contributed by atoms with E-state index in [4.69, 9.17) is 14.7 Å². The summed E-state index contributed by atoms with van der Waals surface area (Å²) in [7, 11) is 0. The Kier molecular flexibility index (Phi) is 6.40. The second kappa shape index (κ2) is 11.3. The van der Waals surface area contributed by atoms with E-state index in [1.165, 1.54) is 33.4 Å². The van der Waals surface area contributed by atoms with Gasteiger partial charge in [0.05, 0.1) is 16.8 Å². The summed E-state index contributed by atoms with van der Waals surface area (Å²) >= 11 is 0. The van der Waals surface area contributed by atoms with E-state index in [1.54, 1.807) is 0 Å². The molecule has 1 aliphatic heterocycles. The van der Waals surface area contributed by atoms with Crippen LogP contribution >= 0.6 is 0 Å². The molecule has 10 rings (SSSR count). The van der Waals surface area contributed by atoms with E-state index < -0.39 is 5.41 Å². The maximum atomic E-state index is 6.98. The lowest BCUT2D eigenvalue weighted by Gasteiger charge is -2.40. The van der Waals surface area contributed by atoms with Crippen molar-refractivity contribution >= 4 is 0 Å². The van der Waals surface area contributed by atoms with Crippen molar-refractivity contribution in [2.45, 2.75) is 5.41 Å². The predicted octanol–water partition coefficient (Wildman–Crippen LogP) is 11.6. The van der Waals surface area contributed by atoms with Crippen LogP contribution in [0.5, 0.6) is 11.5 Å². The summed E-state index contributed by atoms with van der Waals surface area (Å²) in [6.07, 6.45) is 0. The average molecular weight is 639 g/mol. The minimum absolute atomic E-state index is 0.543.